The van der Waals surface area contributed by atoms with Crippen molar-refractivity contribution in [2.75, 3.05) is 0 Å². The number of hydrogen-bond acceptors (Lipinski definition) is 3. The normalized spacial score (nSPS) is 9.75. The van der Waals surface area contributed by atoms with Gasteiger partial charge in [-0.3, -0.25) is 14.6 Å². The molecule has 0 aliphatic carbocycles. The Bertz CT molecular complexity index is 503. The predicted octanol–water partition coefficient (Wildman–Crippen LogP) is 2.13. The van der Waals surface area contributed by atoms with Crippen molar-refractivity contribution in [3.63, 3.8) is 0 Å². The lowest BCUT2D eigenvalue weighted by atomic mass is 10.0. The molecule has 3 nitrogen and oxygen atoms in total. The molecular formula is C13H9NO2. The summed E-state index contributed by atoms with van der Waals surface area (Å²) in [5.74, 6) is -0.0921. The van der Waals surface area contributed by atoms with Crippen LogP contribution in [0.15, 0.2) is 48.8 Å². The van der Waals surface area contributed by atoms with E-state index in [0.29, 0.717) is 16.7 Å². The van der Waals surface area contributed by atoms with Crippen LogP contribution in [-0.2, 0) is 0 Å². The van der Waals surface area contributed by atoms with Crippen LogP contribution in [0.3, 0.4) is 0 Å². The Kier molecular flexibility index (Phi) is 2.87. The molecule has 1 aromatic heterocycles. The summed E-state index contributed by atoms with van der Waals surface area (Å²) in [6.07, 6.45) is 3.89. The first kappa shape index (κ1) is 10.2. The van der Waals surface area contributed by atoms with Crippen molar-refractivity contribution in [2.24, 2.45) is 0 Å². The maximum Gasteiger partial charge on any atom is 0.194 e. The molecule has 1 aromatic carbocycles. The molecule has 16 heavy (non-hydrogen) atoms. The number of benzene rings is 1. The molecule has 0 bridgehead atoms. The molecule has 1 heterocycles. The Hall–Kier alpha value is -2.29. The number of aldehydes is 1. The van der Waals surface area contributed by atoms with E-state index < -0.39 is 0 Å². The molecule has 0 saturated heterocycles. The number of carbonyl (C=O) groups is 2. The maximum absolute atomic E-state index is 11.9. The summed E-state index contributed by atoms with van der Waals surface area (Å²) >= 11 is 0. The Morgan fingerprint density at radius 3 is 2.38 bits per heavy atom. The van der Waals surface area contributed by atoms with Gasteiger partial charge in [0.2, 0.25) is 0 Å². The Morgan fingerprint density at radius 2 is 1.81 bits per heavy atom. The zero-order valence-electron chi connectivity index (χ0n) is 8.46. The van der Waals surface area contributed by atoms with Crippen molar-refractivity contribution in [1.29, 1.82) is 0 Å². The molecule has 0 saturated carbocycles. The van der Waals surface area contributed by atoms with Crippen LogP contribution in [0.1, 0.15) is 26.3 Å². The fourth-order valence-corrected chi connectivity index (χ4v) is 1.38. The van der Waals surface area contributed by atoms with Crippen molar-refractivity contribution >= 4 is 12.1 Å². The lowest BCUT2D eigenvalue weighted by molar-refractivity contribution is 0.103. The van der Waals surface area contributed by atoms with Crippen molar-refractivity contribution in [3.8, 4) is 0 Å². The van der Waals surface area contributed by atoms with Gasteiger partial charge < -0.3 is 0 Å². The molecule has 0 fully saturated rings. The summed E-state index contributed by atoms with van der Waals surface area (Å²) in [4.78, 5) is 26.3. The van der Waals surface area contributed by atoms with Gasteiger partial charge in [0.15, 0.2) is 5.78 Å². The van der Waals surface area contributed by atoms with Crippen LogP contribution in [0.2, 0.25) is 0 Å². The van der Waals surface area contributed by atoms with Crippen LogP contribution in [0, 0.1) is 0 Å². The van der Waals surface area contributed by atoms with Crippen molar-refractivity contribution in [3.05, 3.63) is 65.5 Å². The smallest absolute Gasteiger partial charge is 0.194 e. The number of pyridine rings is 1. The molecule has 0 N–H and O–H groups in total. The molecule has 0 atom stereocenters. The SMILES string of the molecule is O=Cc1ccc(C(=O)c2cccnc2)cc1. The number of ketones is 1. The van der Waals surface area contributed by atoms with Gasteiger partial charge in [-0.15, -0.1) is 0 Å². The van der Waals surface area contributed by atoms with E-state index in [1.54, 1.807) is 42.6 Å². The average molecular weight is 211 g/mol. The summed E-state index contributed by atoms with van der Waals surface area (Å²) in [5.41, 5.74) is 1.66. The van der Waals surface area contributed by atoms with E-state index in [0.717, 1.165) is 6.29 Å². The summed E-state index contributed by atoms with van der Waals surface area (Å²) in [7, 11) is 0. The Labute approximate surface area is 92.8 Å². The standard InChI is InChI=1S/C13H9NO2/c15-9-10-3-5-11(6-4-10)13(16)12-2-1-7-14-8-12/h1-9H. The van der Waals surface area contributed by atoms with Crippen LogP contribution < -0.4 is 0 Å². The highest BCUT2D eigenvalue weighted by Crippen LogP contribution is 2.09. The second-order valence-corrected chi connectivity index (χ2v) is 3.31. The minimum Gasteiger partial charge on any atom is -0.298 e. The van der Waals surface area contributed by atoms with Gasteiger partial charge >= 0.3 is 0 Å². The molecule has 2 aromatic rings. The highest BCUT2D eigenvalue weighted by Gasteiger charge is 2.08. The van der Waals surface area contributed by atoms with Gasteiger partial charge in [-0.25, -0.2) is 0 Å². The second-order valence-electron chi connectivity index (χ2n) is 3.31. The first-order valence-electron chi connectivity index (χ1n) is 4.81. The summed E-state index contributed by atoms with van der Waals surface area (Å²) in [6, 6.07) is 9.95. The van der Waals surface area contributed by atoms with E-state index in [-0.39, 0.29) is 5.78 Å². The topological polar surface area (TPSA) is 47.0 Å². The number of nitrogens with zero attached hydrogens (tertiary/aromatic N) is 1. The second kappa shape index (κ2) is 4.49. The molecule has 0 spiro atoms. The zero-order valence-corrected chi connectivity index (χ0v) is 8.46. The van der Waals surface area contributed by atoms with Gasteiger partial charge in [0.25, 0.3) is 0 Å². The Balaban J connectivity index is 2.31. The summed E-state index contributed by atoms with van der Waals surface area (Å²) < 4.78 is 0. The van der Waals surface area contributed by atoms with E-state index in [2.05, 4.69) is 4.98 Å². The predicted molar refractivity (Wildman–Crippen MR) is 59.5 cm³/mol. The number of rotatable bonds is 3. The van der Waals surface area contributed by atoms with Gasteiger partial charge in [-0.2, -0.15) is 0 Å². The van der Waals surface area contributed by atoms with Crippen LogP contribution >= 0.6 is 0 Å². The third kappa shape index (κ3) is 2.03. The summed E-state index contributed by atoms with van der Waals surface area (Å²) in [6.45, 7) is 0. The van der Waals surface area contributed by atoms with E-state index in [1.807, 2.05) is 0 Å². The third-order valence-corrected chi connectivity index (χ3v) is 2.23. The van der Waals surface area contributed by atoms with E-state index in [4.69, 9.17) is 0 Å². The molecule has 78 valence electrons. The van der Waals surface area contributed by atoms with E-state index in [9.17, 15) is 9.59 Å². The fraction of sp³-hybridized carbons (Fsp3) is 0. The highest BCUT2D eigenvalue weighted by molar-refractivity contribution is 6.08. The molecule has 0 aliphatic heterocycles. The lowest BCUT2D eigenvalue weighted by Crippen LogP contribution is -2.01. The van der Waals surface area contributed by atoms with Crippen molar-refractivity contribution < 1.29 is 9.59 Å². The number of carbonyl (C=O) groups excluding carboxylic acids is 2. The van der Waals surface area contributed by atoms with E-state index in [1.165, 1.54) is 6.20 Å². The van der Waals surface area contributed by atoms with Gasteiger partial charge in [-0.05, 0) is 12.1 Å². The molecular weight excluding hydrogens is 202 g/mol. The fourth-order valence-electron chi connectivity index (χ4n) is 1.38. The Morgan fingerprint density at radius 1 is 1.06 bits per heavy atom. The first-order valence-corrected chi connectivity index (χ1v) is 4.81. The first-order chi connectivity index (χ1) is 7.81. The molecule has 0 amide bonds. The van der Waals surface area contributed by atoms with Crippen molar-refractivity contribution in [1.82, 2.24) is 4.98 Å². The van der Waals surface area contributed by atoms with E-state index >= 15 is 0 Å². The quantitative estimate of drug-likeness (QED) is 0.577. The van der Waals surface area contributed by atoms with Crippen LogP contribution in [0.5, 0.6) is 0 Å². The molecule has 3 heteroatoms. The number of hydrogen-bond donors (Lipinski definition) is 0. The molecule has 0 radical (unpaired) electrons. The van der Waals surface area contributed by atoms with Crippen LogP contribution in [-0.4, -0.2) is 17.1 Å². The summed E-state index contributed by atoms with van der Waals surface area (Å²) in [5, 5.41) is 0. The minimum atomic E-state index is -0.0921. The monoisotopic (exact) mass is 211 g/mol. The highest BCUT2D eigenvalue weighted by atomic mass is 16.1. The third-order valence-electron chi connectivity index (χ3n) is 2.23. The minimum absolute atomic E-state index is 0.0921. The molecule has 2 rings (SSSR count). The van der Waals surface area contributed by atoms with Crippen molar-refractivity contribution in [2.45, 2.75) is 0 Å². The zero-order chi connectivity index (χ0) is 11.4. The van der Waals surface area contributed by atoms with Gasteiger partial charge in [0.05, 0.1) is 0 Å². The molecule has 0 aliphatic rings. The van der Waals surface area contributed by atoms with Gasteiger partial charge in [0, 0.05) is 29.1 Å². The largest absolute Gasteiger partial charge is 0.298 e. The maximum atomic E-state index is 11.9. The van der Waals surface area contributed by atoms with Gasteiger partial charge in [0.1, 0.15) is 6.29 Å². The average Bonchev–Trinajstić information content (AvgIpc) is 2.39. The van der Waals surface area contributed by atoms with Crippen LogP contribution in [0.4, 0.5) is 0 Å². The van der Waals surface area contributed by atoms with Gasteiger partial charge in [-0.1, -0.05) is 24.3 Å². The molecule has 0 unspecified atom stereocenters. The number of aromatic nitrogens is 1. The lowest BCUT2D eigenvalue weighted by Gasteiger charge is -2.00. The van der Waals surface area contributed by atoms with Crippen LogP contribution in [0.25, 0.3) is 0 Å².